The average molecular weight is 386 g/mol. The molecule has 0 N–H and O–H groups in total. The Morgan fingerprint density at radius 2 is 1.10 bits per heavy atom. The van der Waals surface area contributed by atoms with Crippen molar-refractivity contribution >= 4 is 46.4 Å². The zero-order valence-electron chi connectivity index (χ0n) is 11.3. The first-order valence-electron chi connectivity index (χ1n) is 7.06. The molecule has 2 rings (SSSR count). The Labute approximate surface area is 143 Å². The molecule has 0 radical (unpaired) electrons. The normalized spacial score (nSPS) is 42.0. The molecule has 0 heterocycles. The van der Waals surface area contributed by atoms with Crippen molar-refractivity contribution in [1.29, 1.82) is 0 Å². The highest BCUT2D eigenvalue weighted by molar-refractivity contribution is 6.24. The molecule has 0 aromatic heterocycles. The highest BCUT2D eigenvalue weighted by atomic mass is 35.5. The number of ether oxygens (including phenoxy) is 2. The maximum Gasteiger partial charge on any atom is 0.486 e. The summed E-state index contributed by atoms with van der Waals surface area (Å²) in [6, 6.07) is 0. The molecule has 0 amide bonds. The van der Waals surface area contributed by atoms with Crippen LogP contribution < -0.4 is 0 Å². The first-order valence-corrected chi connectivity index (χ1v) is 8.81. The van der Waals surface area contributed by atoms with Crippen molar-refractivity contribution in [3.8, 4) is 0 Å². The van der Waals surface area contributed by atoms with Crippen molar-refractivity contribution in [1.82, 2.24) is 0 Å². The molecular formula is C13H18Cl4F2O2. The average Bonchev–Trinajstić information content (AvgIpc) is 2.36. The molecule has 2 aliphatic carbocycles. The standard InChI is InChI=1S/C13H18Cl4F2O2/c14-7-1-3-11(9(16)5-7)20-13(18,19)21-12-4-2-8(15)6-10(12)17/h7-12H,1-6H2. The molecule has 6 unspecified atom stereocenters. The summed E-state index contributed by atoms with van der Waals surface area (Å²) in [7, 11) is 0. The van der Waals surface area contributed by atoms with Gasteiger partial charge in [0.2, 0.25) is 0 Å². The second kappa shape index (κ2) is 7.67. The number of hydrogen-bond acceptors (Lipinski definition) is 2. The van der Waals surface area contributed by atoms with Crippen molar-refractivity contribution < 1.29 is 18.3 Å². The summed E-state index contributed by atoms with van der Waals surface area (Å²) >= 11 is 24.0. The van der Waals surface area contributed by atoms with Gasteiger partial charge in [-0.1, -0.05) is 0 Å². The fraction of sp³-hybridized carbons (Fsp3) is 1.00. The van der Waals surface area contributed by atoms with Crippen LogP contribution in [-0.4, -0.2) is 40.0 Å². The Kier molecular flexibility index (Phi) is 6.68. The predicted molar refractivity (Wildman–Crippen MR) is 81.0 cm³/mol. The molecule has 0 bridgehead atoms. The molecule has 0 aromatic rings. The molecule has 0 spiro atoms. The fourth-order valence-electron chi connectivity index (χ4n) is 2.73. The van der Waals surface area contributed by atoms with Gasteiger partial charge in [0.05, 0.1) is 23.0 Å². The van der Waals surface area contributed by atoms with Gasteiger partial charge in [0.1, 0.15) is 0 Å². The van der Waals surface area contributed by atoms with Crippen LogP contribution in [0.4, 0.5) is 8.78 Å². The van der Waals surface area contributed by atoms with E-state index >= 15 is 0 Å². The van der Waals surface area contributed by atoms with E-state index in [1.165, 1.54) is 0 Å². The zero-order chi connectivity index (χ0) is 15.6. The summed E-state index contributed by atoms with van der Waals surface area (Å²) in [5, 5.41) is -1.26. The van der Waals surface area contributed by atoms with Crippen LogP contribution in [0, 0.1) is 0 Å². The summed E-state index contributed by atoms with van der Waals surface area (Å²) in [6.45, 7) is 0. The second-order valence-electron chi connectivity index (χ2n) is 5.63. The molecule has 21 heavy (non-hydrogen) atoms. The highest BCUT2D eigenvalue weighted by Gasteiger charge is 2.44. The molecule has 0 saturated heterocycles. The maximum atomic E-state index is 13.9. The summed E-state index contributed by atoms with van der Waals surface area (Å²) in [5.74, 6) is 0. The minimum Gasteiger partial charge on any atom is -0.291 e. The van der Waals surface area contributed by atoms with Crippen molar-refractivity contribution in [2.45, 2.75) is 78.5 Å². The lowest BCUT2D eigenvalue weighted by Gasteiger charge is -2.35. The Hall–Kier alpha value is 0.940. The molecule has 2 saturated carbocycles. The van der Waals surface area contributed by atoms with Gasteiger partial charge in [-0.2, -0.15) is 0 Å². The smallest absolute Gasteiger partial charge is 0.291 e. The lowest BCUT2D eigenvalue weighted by atomic mass is 9.96. The lowest BCUT2D eigenvalue weighted by molar-refractivity contribution is -0.420. The van der Waals surface area contributed by atoms with Crippen molar-refractivity contribution in [3.63, 3.8) is 0 Å². The number of hydrogen-bond donors (Lipinski definition) is 0. The SMILES string of the molecule is FC(F)(OC1CCC(Cl)CC1Cl)OC1CCC(Cl)CC1Cl. The summed E-state index contributed by atoms with van der Waals surface area (Å²) in [6.07, 6.45) is -2.38. The second-order valence-corrected chi connectivity index (χ2v) is 7.98. The zero-order valence-corrected chi connectivity index (χ0v) is 14.3. The van der Waals surface area contributed by atoms with Gasteiger partial charge in [-0.15, -0.1) is 55.2 Å². The van der Waals surface area contributed by atoms with Crippen LogP contribution in [0.15, 0.2) is 0 Å². The summed E-state index contributed by atoms with van der Waals surface area (Å²) < 4.78 is 37.4. The number of rotatable bonds is 4. The number of halogens is 6. The van der Waals surface area contributed by atoms with Crippen molar-refractivity contribution in [2.75, 3.05) is 0 Å². The quantitative estimate of drug-likeness (QED) is 0.494. The first-order chi connectivity index (χ1) is 9.77. The third kappa shape index (κ3) is 5.50. The molecule has 6 atom stereocenters. The Bertz CT molecular complexity index is 318. The third-order valence-corrected chi connectivity index (χ3v) is 5.59. The van der Waals surface area contributed by atoms with E-state index in [4.69, 9.17) is 55.9 Å². The molecular weight excluding hydrogens is 368 g/mol. The monoisotopic (exact) mass is 384 g/mol. The van der Waals surface area contributed by atoms with Gasteiger partial charge in [-0.05, 0) is 38.5 Å². The van der Waals surface area contributed by atoms with Crippen LogP contribution in [0.25, 0.3) is 0 Å². The lowest BCUT2D eigenvalue weighted by Crippen LogP contribution is -2.44. The van der Waals surface area contributed by atoms with E-state index in [9.17, 15) is 8.78 Å². The summed E-state index contributed by atoms with van der Waals surface area (Å²) in [5.41, 5.74) is 0. The van der Waals surface area contributed by atoms with Crippen LogP contribution in [0.3, 0.4) is 0 Å². The van der Waals surface area contributed by atoms with Crippen LogP contribution >= 0.6 is 46.4 Å². The van der Waals surface area contributed by atoms with E-state index in [-0.39, 0.29) is 10.8 Å². The fourth-order valence-corrected chi connectivity index (χ4v) is 4.33. The van der Waals surface area contributed by atoms with E-state index in [0.717, 1.165) is 0 Å². The van der Waals surface area contributed by atoms with Gasteiger partial charge < -0.3 is 0 Å². The van der Waals surface area contributed by atoms with Crippen molar-refractivity contribution in [3.05, 3.63) is 0 Å². The molecule has 124 valence electrons. The Balaban J connectivity index is 1.86. The molecule has 2 aliphatic rings. The van der Waals surface area contributed by atoms with Gasteiger partial charge in [-0.25, -0.2) is 0 Å². The maximum absolute atomic E-state index is 13.9. The molecule has 2 nitrogen and oxygen atoms in total. The summed E-state index contributed by atoms with van der Waals surface area (Å²) in [4.78, 5) is 0. The molecule has 8 heteroatoms. The van der Waals surface area contributed by atoms with Crippen LogP contribution in [0.2, 0.25) is 0 Å². The van der Waals surface area contributed by atoms with Gasteiger partial charge in [0, 0.05) is 10.8 Å². The van der Waals surface area contributed by atoms with E-state index in [1.54, 1.807) is 0 Å². The predicted octanol–water partition coefficient (Wildman–Crippen LogP) is 5.10. The number of alkyl halides is 6. The molecule has 2 fully saturated rings. The minimum atomic E-state index is -3.70. The van der Waals surface area contributed by atoms with Gasteiger partial charge in [0.25, 0.3) is 0 Å². The minimum absolute atomic E-state index is 0.0897. The van der Waals surface area contributed by atoms with Gasteiger partial charge >= 0.3 is 6.29 Å². The van der Waals surface area contributed by atoms with Crippen LogP contribution in [0.1, 0.15) is 38.5 Å². The third-order valence-electron chi connectivity index (χ3n) is 3.87. The molecule has 0 aliphatic heterocycles. The first kappa shape index (κ1) is 18.3. The Morgan fingerprint density at radius 1 is 0.714 bits per heavy atom. The van der Waals surface area contributed by atoms with E-state index in [2.05, 4.69) is 0 Å². The topological polar surface area (TPSA) is 18.5 Å². The van der Waals surface area contributed by atoms with Crippen molar-refractivity contribution in [2.24, 2.45) is 0 Å². The van der Waals surface area contributed by atoms with Gasteiger partial charge in [0.15, 0.2) is 0 Å². The highest BCUT2D eigenvalue weighted by Crippen LogP contribution is 2.36. The van der Waals surface area contributed by atoms with Crippen LogP contribution in [0.5, 0.6) is 0 Å². The van der Waals surface area contributed by atoms with E-state index in [1.807, 2.05) is 0 Å². The van der Waals surface area contributed by atoms with E-state index < -0.39 is 29.3 Å². The van der Waals surface area contributed by atoms with Crippen LogP contribution in [-0.2, 0) is 9.47 Å². The van der Waals surface area contributed by atoms with E-state index in [0.29, 0.717) is 38.5 Å². The van der Waals surface area contributed by atoms with Gasteiger partial charge in [-0.3, -0.25) is 9.47 Å². The molecule has 0 aromatic carbocycles. The Morgan fingerprint density at radius 3 is 1.43 bits per heavy atom. The largest absolute Gasteiger partial charge is 0.486 e.